The van der Waals surface area contributed by atoms with Gasteiger partial charge < -0.3 is 15.2 Å². The summed E-state index contributed by atoms with van der Waals surface area (Å²) >= 11 is 1.66. The Morgan fingerprint density at radius 3 is 2.95 bits per heavy atom. The van der Waals surface area contributed by atoms with Gasteiger partial charge in [0.1, 0.15) is 0 Å². The molecule has 0 aliphatic heterocycles. The van der Waals surface area contributed by atoms with Crippen molar-refractivity contribution in [1.82, 2.24) is 0 Å². The monoisotopic (exact) mass is 283 g/mol. The molecule has 5 heteroatoms. The molecule has 1 aliphatic rings. The lowest BCUT2D eigenvalue weighted by atomic mass is 9.90. The Morgan fingerprint density at radius 2 is 2.32 bits per heavy atom. The summed E-state index contributed by atoms with van der Waals surface area (Å²) in [6, 6.07) is 2.08. The highest BCUT2D eigenvalue weighted by atomic mass is 32.1. The van der Waals surface area contributed by atoms with Gasteiger partial charge in [0.15, 0.2) is 0 Å². The van der Waals surface area contributed by atoms with E-state index in [1.54, 1.807) is 18.4 Å². The van der Waals surface area contributed by atoms with Crippen LogP contribution in [0.2, 0.25) is 0 Å². The molecule has 1 aromatic heterocycles. The molecule has 0 spiro atoms. The molecular formula is C14H21NO3S. The number of amides is 1. The van der Waals surface area contributed by atoms with Gasteiger partial charge in [-0.1, -0.05) is 0 Å². The van der Waals surface area contributed by atoms with Crippen LogP contribution in [0.1, 0.15) is 30.7 Å². The summed E-state index contributed by atoms with van der Waals surface area (Å²) in [5, 5.41) is 4.15. The smallest absolute Gasteiger partial charge is 0.221 e. The third kappa shape index (κ3) is 3.78. The molecule has 4 nitrogen and oxygen atoms in total. The first-order valence-electron chi connectivity index (χ1n) is 6.64. The minimum Gasteiger partial charge on any atom is -0.385 e. The number of ether oxygens (including phenoxy) is 2. The predicted octanol–water partition coefficient (Wildman–Crippen LogP) is 2.15. The molecule has 2 rings (SSSR count). The maximum atomic E-state index is 11.6. The Balaban J connectivity index is 1.91. The number of primary amides is 1. The number of carbonyl (C=O) groups excluding carboxylic acids is 1. The molecule has 0 radical (unpaired) electrons. The van der Waals surface area contributed by atoms with Gasteiger partial charge in [-0.15, -0.1) is 0 Å². The average molecular weight is 283 g/mol. The first kappa shape index (κ1) is 14.5. The van der Waals surface area contributed by atoms with E-state index in [0.29, 0.717) is 13.2 Å². The minimum atomic E-state index is -0.209. The number of carbonyl (C=O) groups is 1. The highest BCUT2D eigenvalue weighted by Gasteiger charge is 2.39. The van der Waals surface area contributed by atoms with E-state index in [4.69, 9.17) is 15.2 Å². The lowest BCUT2D eigenvalue weighted by Crippen LogP contribution is -2.25. The number of hydrogen-bond acceptors (Lipinski definition) is 4. The van der Waals surface area contributed by atoms with Crippen LogP contribution in [0.4, 0.5) is 0 Å². The van der Waals surface area contributed by atoms with Crippen molar-refractivity contribution < 1.29 is 14.3 Å². The predicted molar refractivity (Wildman–Crippen MR) is 75.2 cm³/mol. The fourth-order valence-corrected chi connectivity index (χ4v) is 3.47. The number of methoxy groups -OCH3 is 1. The molecule has 0 aromatic carbocycles. The Labute approximate surface area is 117 Å². The van der Waals surface area contributed by atoms with Gasteiger partial charge in [0.25, 0.3) is 0 Å². The molecule has 19 heavy (non-hydrogen) atoms. The zero-order chi connectivity index (χ0) is 13.7. The van der Waals surface area contributed by atoms with E-state index in [-0.39, 0.29) is 23.8 Å². The number of thiophene rings is 1. The average Bonchev–Trinajstić information content (AvgIpc) is 3.03. The molecular weight excluding hydrogens is 262 g/mol. The molecule has 1 amide bonds. The van der Waals surface area contributed by atoms with Gasteiger partial charge in [-0.25, -0.2) is 0 Å². The van der Waals surface area contributed by atoms with Crippen LogP contribution < -0.4 is 5.73 Å². The van der Waals surface area contributed by atoms with Crippen molar-refractivity contribution in [3.8, 4) is 0 Å². The van der Waals surface area contributed by atoms with Crippen molar-refractivity contribution in [1.29, 1.82) is 0 Å². The molecule has 1 fully saturated rings. The summed E-state index contributed by atoms with van der Waals surface area (Å²) in [5.41, 5.74) is 6.74. The van der Waals surface area contributed by atoms with Gasteiger partial charge in [0, 0.05) is 26.2 Å². The van der Waals surface area contributed by atoms with E-state index in [9.17, 15) is 4.79 Å². The van der Waals surface area contributed by atoms with E-state index < -0.39 is 0 Å². The van der Waals surface area contributed by atoms with Crippen molar-refractivity contribution in [2.75, 3.05) is 20.3 Å². The Morgan fingerprint density at radius 1 is 1.47 bits per heavy atom. The van der Waals surface area contributed by atoms with Crippen molar-refractivity contribution in [3.05, 3.63) is 22.4 Å². The van der Waals surface area contributed by atoms with Crippen LogP contribution in [0.3, 0.4) is 0 Å². The third-order valence-electron chi connectivity index (χ3n) is 3.70. The van der Waals surface area contributed by atoms with Crippen LogP contribution in [0, 0.1) is 5.92 Å². The fourth-order valence-electron chi connectivity index (χ4n) is 2.75. The van der Waals surface area contributed by atoms with Crippen LogP contribution in [0.25, 0.3) is 0 Å². The Hall–Kier alpha value is -0.910. The summed E-state index contributed by atoms with van der Waals surface area (Å²) < 4.78 is 10.8. The third-order valence-corrected chi connectivity index (χ3v) is 4.40. The first-order chi connectivity index (χ1) is 9.22. The summed E-state index contributed by atoms with van der Waals surface area (Å²) in [6.45, 7) is 1.39. The lowest BCUT2D eigenvalue weighted by Gasteiger charge is -2.14. The largest absolute Gasteiger partial charge is 0.385 e. The topological polar surface area (TPSA) is 61.6 Å². The number of nitrogens with two attached hydrogens (primary N) is 1. The maximum Gasteiger partial charge on any atom is 0.221 e. The number of rotatable bonds is 7. The quantitative estimate of drug-likeness (QED) is 0.780. The van der Waals surface area contributed by atoms with Gasteiger partial charge in [0.2, 0.25) is 5.91 Å². The Kier molecular flexibility index (Phi) is 5.36. The second kappa shape index (κ2) is 7.03. The Bertz CT molecular complexity index is 393. The van der Waals surface area contributed by atoms with E-state index in [2.05, 4.69) is 11.4 Å². The standard InChI is InChI=1S/C14H21NO3S/c1-17-4-2-5-18-11-7-12(10-3-6-19-9-10)13(8-11)14(15)16/h3,6,9,11-13H,2,4-5,7-8H2,1H3,(H2,15,16)/t11-,12+,13+/m1/s1. The second-order valence-corrected chi connectivity index (χ2v) is 5.76. The van der Waals surface area contributed by atoms with Gasteiger partial charge in [-0.2, -0.15) is 11.3 Å². The molecule has 1 aromatic rings. The summed E-state index contributed by atoms with van der Waals surface area (Å²) in [7, 11) is 1.69. The van der Waals surface area contributed by atoms with Crippen molar-refractivity contribution in [2.24, 2.45) is 11.7 Å². The normalized spacial score (nSPS) is 26.7. The van der Waals surface area contributed by atoms with Crippen LogP contribution in [0.5, 0.6) is 0 Å². The van der Waals surface area contributed by atoms with Crippen LogP contribution in [-0.2, 0) is 14.3 Å². The SMILES string of the molecule is COCCCO[C@H]1C[C@H](C(N)=O)[C@H](c2ccsc2)C1. The minimum absolute atomic E-state index is 0.0953. The zero-order valence-corrected chi connectivity index (χ0v) is 12.0. The molecule has 0 saturated heterocycles. The molecule has 1 saturated carbocycles. The molecule has 1 heterocycles. The molecule has 3 atom stereocenters. The zero-order valence-electron chi connectivity index (χ0n) is 11.2. The van der Waals surface area contributed by atoms with Crippen LogP contribution in [0.15, 0.2) is 16.8 Å². The van der Waals surface area contributed by atoms with Gasteiger partial charge >= 0.3 is 0 Å². The highest BCUT2D eigenvalue weighted by Crippen LogP contribution is 2.41. The van der Waals surface area contributed by atoms with Crippen molar-refractivity contribution in [3.63, 3.8) is 0 Å². The van der Waals surface area contributed by atoms with Gasteiger partial charge in [-0.3, -0.25) is 4.79 Å². The van der Waals surface area contributed by atoms with Gasteiger partial charge in [0.05, 0.1) is 6.10 Å². The summed E-state index contributed by atoms with van der Waals surface area (Å²) in [5.74, 6) is -0.0857. The maximum absolute atomic E-state index is 11.6. The van der Waals surface area contributed by atoms with Crippen molar-refractivity contribution in [2.45, 2.75) is 31.3 Å². The fraction of sp³-hybridized carbons (Fsp3) is 0.643. The summed E-state index contributed by atoms with van der Waals surface area (Å²) in [6.07, 6.45) is 2.65. The highest BCUT2D eigenvalue weighted by molar-refractivity contribution is 7.08. The first-order valence-corrected chi connectivity index (χ1v) is 7.58. The van der Waals surface area contributed by atoms with Crippen LogP contribution in [-0.4, -0.2) is 32.3 Å². The van der Waals surface area contributed by atoms with Crippen LogP contribution >= 0.6 is 11.3 Å². The van der Waals surface area contributed by atoms with Crippen molar-refractivity contribution >= 4 is 17.2 Å². The summed E-state index contributed by atoms with van der Waals surface area (Å²) in [4.78, 5) is 11.6. The lowest BCUT2D eigenvalue weighted by molar-refractivity contribution is -0.122. The second-order valence-electron chi connectivity index (χ2n) is 4.98. The van der Waals surface area contributed by atoms with E-state index in [1.165, 1.54) is 5.56 Å². The molecule has 0 bridgehead atoms. The van der Waals surface area contributed by atoms with E-state index >= 15 is 0 Å². The van der Waals surface area contributed by atoms with E-state index in [0.717, 1.165) is 19.3 Å². The number of hydrogen-bond donors (Lipinski definition) is 1. The molecule has 106 valence electrons. The molecule has 2 N–H and O–H groups in total. The van der Waals surface area contributed by atoms with E-state index in [1.807, 2.05) is 5.38 Å². The van der Waals surface area contributed by atoms with Gasteiger partial charge in [-0.05, 0) is 47.6 Å². The molecule has 0 unspecified atom stereocenters. The molecule has 1 aliphatic carbocycles.